The fourth-order valence-electron chi connectivity index (χ4n) is 2.70. The molecule has 110 valence electrons. The third-order valence-electron chi connectivity index (χ3n) is 3.80. The van der Waals surface area contributed by atoms with Crippen LogP contribution < -0.4 is 15.8 Å². The highest BCUT2D eigenvalue weighted by Gasteiger charge is 2.29. The van der Waals surface area contributed by atoms with Gasteiger partial charge in [0.05, 0.1) is 11.6 Å². The number of carbonyl (C=O) groups excluding carboxylic acids is 1. The monoisotopic (exact) mass is 340 g/mol. The van der Waals surface area contributed by atoms with Crippen molar-refractivity contribution in [2.24, 2.45) is 5.73 Å². The summed E-state index contributed by atoms with van der Waals surface area (Å²) in [5.41, 5.74) is 6.72. The average molecular weight is 341 g/mol. The van der Waals surface area contributed by atoms with Crippen molar-refractivity contribution in [3.63, 3.8) is 0 Å². The van der Waals surface area contributed by atoms with Gasteiger partial charge >= 0.3 is 0 Å². The van der Waals surface area contributed by atoms with Gasteiger partial charge in [-0.05, 0) is 47.0 Å². The third kappa shape index (κ3) is 3.96. The summed E-state index contributed by atoms with van der Waals surface area (Å²) < 4.78 is 5.98. The standard InChI is InChI=1S/C15H21BrN2O2/c1-20-13-6-5-11(9-12(13)16)18-14(19)10-15(17)7-3-2-4-8-15/h5-6,9H,2-4,7-8,10,17H2,1H3,(H,18,19). The van der Waals surface area contributed by atoms with E-state index in [1.54, 1.807) is 7.11 Å². The highest BCUT2D eigenvalue weighted by atomic mass is 79.9. The maximum atomic E-state index is 12.1. The highest BCUT2D eigenvalue weighted by Crippen LogP contribution is 2.30. The van der Waals surface area contributed by atoms with E-state index in [9.17, 15) is 4.79 Å². The number of amides is 1. The van der Waals surface area contributed by atoms with Crippen molar-refractivity contribution >= 4 is 27.5 Å². The van der Waals surface area contributed by atoms with E-state index in [0.717, 1.165) is 41.6 Å². The lowest BCUT2D eigenvalue weighted by atomic mass is 9.80. The lowest BCUT2D eigenvalue weighted by Gasteiger charge is -2.32. The molecule has 1 aromatic carbocycles. The molecule has 1 saturated carbocycles. The Morgan fingerprint density at radius 3 is 2.70 bits per heavy atom. The highest BCUT2D eigenvalue weighted by molar-refractivity contribution is 9.10. The van der Waals surface area contributed by atoms with Crippen molar-refractivity contribution in [3.05, 3.63) is 22.7 Å². The number of hydrogen-bond donors (Lipinski definition) is 2. The van der Waals surface area contributed by atoms with E-state index in [2.05, 4.69) is 21.2 Å². The molecular weight excluding hydrogens is 320 g/mol. The number of nitrogens with one attached hydrogen (secondary N) is 1. The Morgan fingerprint density at radius 2 is 2.10 bits per heavy atom. The Kier molecular flexibility index (Phi) is 5.05. The zero-order valence-electron chi connectivity index (χ0n) is 11.7. The fourth-order valence-corrected chi connectivity index (χ4v) is 3.24. The van der Waals surface area contributed by atoms with Crippen LogP contribution in [0.5, 0.6) is 5.75 Å². The molecule has 1 aliphatic rings. The first kappa shape index (κ1) is 15.3. The molecule has 0 radical (unpaired) electrons. The van der Waals surface area contributed by atoms with E-state index in [0.29, 0.717) is 6.42 Å². The second-order valence-corrected chi connectivity index (χ2v) is 6.35. The molecule has 1 aliphatic carbocycles. The maximum absolute atomic E-state index is 12.1. The number of rotatable bonds is 4. The summed E-state index contributed by atoms with van der Waals surface area (Å²) in [6, 6.07) is 5.48. The summed E-state index contributed by atoms with van der Waals surface area (Å²) in [5.74, 6) is 0.719. The third-order valence-corrected chi connectivity index (χ3v) is 4.42. The van der Waals surface area contributed by atoms with Crippen LogP contribution in [0.1, 0.15) is 38.5 Å². The van der Waals surface area contributed by atoms with Gasteiger partial charge in [0.25, 0.3) is 0 Å². The minimum Gasteiger partial charge on any atom is -0.496 e. The topological polar surface area (TPSA) is 64.3 Å². The molecule has 3 N–H and O–H groups in total. The van der Waals surface area contributed by atoms with E-state index < -0.39 is 0 Å². The molecule has 0 aromatic heterocycles. The molecule has 0 saturated heterocycles. The molecule has 0 unspecified atom stereocenters. The second kappa shape index (κ2) is 6.59. The number of hydrogen-bond acceptors (Lipinski definition) is 3. The average Bonchev–Trinajstić information content (AvgIpc) is 2.39. The van der Waals surface area contributed by atoms with Crippen molar-refractivity contribution in [2.45, 2.75) is 44.1 Å². The predicted octanol–water partition coefficient (Wildman–Crippen LogP) is 3.45. The zero-order valence-corrected chi connectivity index (χ0v) is 13.3. The first-order valence-electron chi connectivity index (χ1n) is 6.95. The van der Waals surface area contributed by atoms with Gasteiger partial charge in [-0.1, -0.05) is 19.3 Å². The molecule has 20 heavy (non-hydrogen) atoms. The van der Waals surface area contributed by atoms with E-state index in [4.69, 9.17) is 10.5 Å². The molecule has 5 heteroatoms. The van der Waals surface area contributed by atoms with Gasteiger partial charge in [0.2, 0.25) is 5.91 Å². The molecule has 0 atom stereocenters. The predicted molar refractivity (Wildman–Crippen MR) is 83.9 cm³/mol. The van der Waals surface area contributed by atoms with Crippen LogP contribution in [0, 0.1) is 0 Å². The van der Waals surface area contributed by atoms with E-state index >= 15 is 0 Å². The first-order valence-corrected chi connectivity index (χ1v) is 7.74. The van der Waals surface area contributed by atoms with Crippen molar-refractivity contribution in [1.29, 1.82) is 0 Å². The van der Waals surface area contributed by atoms with Gasteiger partial charge in [-0.25, -0.2) is 0 Å². The maximum Gasteiger partial charge on any atom is 0.226 e. The zero-order chi connectivity index (χ0) is 14.6. The van der Waals surface area contributed by atoms with Crippen molar-refractivity contribution < 1.29 is 9.53 Å². The fraction of sp³-hybridized carbons (Fsp3) is 0.533. The van der Waals surface area contributed by atoms with Crippen LogP contribution in [0.15, 0.2) is 22.7 Å². The molecule has 0 heterocycles. The molecule has 2 rings (SSSR count). The molecule has 1 amide bonds. The molecule has 4 nitrogen and oxygen atoms in total. The summed E-state index contributed by atoms with van der Waals surface area (Å²) in [5, 5.41) is 2.90. The van der Waals surface area contributed by atoms with Crippen LogP contribution in [0.2, 0.25) is 0 Å². The van der Waals surface area contributed by atoms with Gasteiger partial charge in [0.15, 0.2) is 0 Å². The SMILES string of the molecule is COc1ccc(NC(=O)CC2(N)CCCCC2)cc1Br. The number of halogens is 1. The number of nitrogens with two attached hydrogens (primary N) is 1. The van der Waals surface area contributed by atoms with Gasteiger partial charge < -0.3 is 15.8 Å². The van der Waals surface area contributed by atoms with Crippen LogP contribution in [-0.4, -0.2) is 18.6 Å². The van der Waals surface area contributed by atoms with Crippen molar-refractivity contribution in [2.75, 3.05) is 12.4 Å². The largest absolute Gasteiger partial charge is 0.496 e. The Bertz CT molecular complexity index is 485. The number of methoxy groups -OCH3 is 1. The Balaban J connectivity index is 1.95. The van der Waals surface area contributed by atoms with E-state index in [-0.39, 0.29) is 11.4 Å². The number of carbonyl (C=O) groups is 1. The normalized spacial score (nSPS) is 17.6. The summed E-state index contributed by atoms with van der Waals surface area (Å²) in [7, 11) is 1.61. The summed E-state index contributed by atoms with van der Waals surface area (Å²) in [6.45, 7) is 0. The molecule has 1 fully saturated rings. The molecule has 0 aliphatic heterocycles. The van der Waals surface area contributed by atoms with Crippen molar-refractivity contribution in [3.8, 4) is 5.75 Å². The van der Waals surface area contributed by atoms with Gasteiger partial charge in [0, 0.05) is 17.6 Å². The van der Waals surface area contributed by atoms with Gasteiger partial charge in [0.1, 0.15) is 5.75 Å². The Hall–Kier alpha value is -1.07. The van der Waals surface area contributed by atoms with Crippen LogP contribution in [0.3, 0.4) is 0 Å². The van der Waals surface area contributed by atoms with Gasteiger partial charge in [-0.15, -0.1) is 0 Å². The number of anilines is 1. The molecular formula is C15H21BrN2O2. The number of ether oxygens (including phenoxy) is 1. The summed E-state index contributed by atoms with van der Waals surface area (Å²) >= 11 is 3.41. The van der Waals surface area contributed by atoms with Crippen LogP contribution in [-0.2, 0) is 4.79 Å². The Labute approximate surface area is 128 Å². The van der Waals surface area contributed by atoms with Crippen molar-refractivity contribution in [1.82, 2.24) is 0 Å². The minimum absolute atomic E-state index is 0.0218. The second-order valence-electron chi connectivity index (χ2n) is 5.50. The van der Waals surface area contributed by atoms with Crippen LogP contribution >= 0.6 is 15.9 Å². The van der Waals surface area contributed by atoms with E-state index in [1.165, 1.54) is 6.42 Å². The quantitative estimate of drug-likeness (QED) is 0.882. The smallest absolute Gasteiger partial charge is 0.226 e. The minimum atomic E-state index is -0.327. The first-order chi connectivity index (χ1) is 9.52. The lowest BCUT2D eigenvalue weighted by Crippen LogP contribution is -2.44. The van der Waals surface area contributed by atoms with Gasteiger partial charge in [-0.2, -0.15) is 0 Å². The summed E-state index contributed by atoms with van der Waals surface area (Å²) in [6.07, 6.45) is 5.73. The molecule has 0 bridgehead atoms. The number of benzene rings is 1. The van der Waals surface area contributed by atoms with Gasteiger partial charge in [-0.3, -0.25) is 4.79 Å². The van der Waals surface area contributed by atoms with Crippen LogP contribution in [0.4, 0.5) is 5.69 Å². The molecule has 0 spiro atoms. The summed E-state index contributed by atoms with van der Waals surface area (Å²) in [4.78, 5) is 12.1. The Morgan fingerprint density at radius 1 is 1.40 bits per heavy atom. The van der Waals surface area contributed by atoms with E-state index in [1.807, 2.05) is 18.2 Å². The molecule has 1 aromatic rings. The van der Waals surface area contributed by atoms with Crippen LogP contribution in [0.25, 0.3) is 0 Å². The lowest BCUT2D eigenvalue weighted by molar-refractivity contribution is -0.117.